The predicted octanol–water partition coefficient (Wildman–Crippen LogP) is 5.01. The fraction of sp³-hybridized carbons (Fsp3) is 0.138. The number of ether oxygens (including phenoxy) is 2. The molecule has 1 heterocycles. The number of nitrogens with zero attached hydrogens (tertiary/aromatic N) is 2. The molecular formula is C29H26N4O3. The average Bonchev–Trinajstić information content (AvgIpc) is 2.95. The van der Waals surface area contributed by atoms with Crippen molar-refractivity contribution in [3.63, 3.8) is 0 Å². The third-order valence-electron chi connectivity index (χ3n) is 5.56. The lowest BCUT2D eigenvalue weighted by Crippen LogP contribution is -2.33. The van der Waals surface area contributed by atoms with Crippen LogP contribution in [0, 0.1) is 11.3 Å². The number of methoxy groups -OCH3 is 1. The summed E-state index contributed by atoms with van der Waals surface area (Å²) in [5, 5.41) is 15.4. The standard InChI is InChI=1S/C29H26N4O3/c1-35-27-17-24(9-12-26(27)36-20-23-13-15-31-16-14-23)28(33-25-10-7-21(18-30)8-11-25)29(34)32-19-22-5-3-2-4-6-22/h2-17,28,33H,19-20H2,1H3,(H,32,34)/t28-/m1/s1. The number of nitriles is 1. The van der Waals surface area contributed by atoms with Gasteiger partial charge in [0.1, 0.15) is 12.6 Å². The van der Waals surface area contributed by atoms with E-state index in [9.17, 15) is 4.79 Å². The van der Waals surface area contributed by atoms with Gasteiger partial charge < -0.3 is 20.1 Å². The fourth-order valence-electron chi connectivity index (χ4n) is 3.62. The number of pyridine rings is 1. The maximum absolute atomic E-state index is 13.3. The Morgan fingerprint density at radius 2 is 1.69 bits per heavy atom. The molecule has 7 heteroatoms. The summed E-state index contributed by atoms with van der Waals surface area (Å²) in [4.78, 5) is 17.4. The number of anilines is 1. The lowest BCUT2D eigenvalue weighted by atomic mass is 10.0. The summed E-state index contributed by atoms with van der Waals surface area (Å²) in [5.74, 6) is 0.889. The Morgan fingerprint density at radius 3 is 2.39 bits per heavy atom. The first kappa shape index (κ1) is 24.3. The molecule has 0 saturated carbocycles. The molecule has 1 amide bonds. The molecule has 7 nitrogen and oxygen atoms in total. The Balaban J connectivity index is 1.56. The van der Waals surface area contributed by atoms with Crippen LogP contribution in [0.5, 0.6) is 11.5 Å². The van der Waals surface area contributed by atoms with Crippen molar-refractivity contribution >= 4 is 11.6 Å². The number of aromatic nitrogens is 1. The van der Waals surface area contributed by atoms with Crippen LogP contribution in [-0.4, -0.2) is 18.0 Å². The van der Waals surface area contributed by atoms with Crippen molar-refractivity contribution in [2.24, 2.45) is 0 Å². The molecule has 1 atom stereocenters. The van der Waals surface area contributed by atoms with Gasteiger partial charge in [0.2, 0.25) is 5.91 Å². The number of carbonyl (C=O) groups excluding carboxylic acids is 1. The van der Waals surface area contributed by atoms with E-state index in [2.05, 4.69) is 21.7 Å². The van der Waals surface area contributed by atoms with Crippen molar-refractivity contribution < 1.29 is 14.3 Å². The number of benzene rings is 3. The molecule has 0 bridgehead atoms. The van der Waals surface area contributed by atoms with Gasteiger partial charge in [-0.15, -0.1) is 0 Å². The molecule has 0 spiro atoms. The van der Waals surface area contributed by atoms with Gasteiger partial charge in [0.25, 0.3) is 0 Å². The highest BCUT2D eigenvalue weighted by atomic mass is 16.5. The molecule has 0 saturated heterocycles. The van der Waals surface area contributed by atoms with E-state index in [1.807, 2.05) is 48.5 Å². The van der Waals surface area contributed by atoms with Gasteiger partial charge in [-0.05, 0) is 65.2 Å². The quantitative estimate of drug-likeness (QED) is 0.333. The third kappa shape index (κ3) is 6.39. The Bertz CT molecular complexity index is 1320. The predicted molar refractivity (Wildman–Crippen MR) is 137 cm³/mol. The summed E-state index contributed by atoms with van der Waals surface area (Å²) in [5.41, 5.74) is 3.95. The minimum Gasteiger partial charge on any atom is -0.493 e. The summed E-state index contributed by atoms with van der Waals surface area (Å²) in [7, 11) is 1.57. The average molecular weight is 479 g/mol. The molecule has 0 aliphatic carbocycles. The molecule has 0 fully saturated rings. The molecule has 4 rings (SSSR count). The normalized spacial score (nSPS) is 11.1. The molecule has 0 unspecified atom stereocenters. The van der Waals surface area contributed by atoms with Crippen LogP contribution in [0.3, 0.4) is 0 Å². The zero-order chi connectivity index (χ0) is 25.2. The maximum Gasteiger partial charge on any atom is 0.247 e. The van der Waals surface area contributed by atoms with Crippen LogP contribution in [0.25, 0.3) is 0 Å². The number of amides is 1. The SMILES string of the molecule is COc1cc([C@@H](Nc2ccc(C#N)cc2)C(=O)NCc2ccccc2)ccc1OCc1ccncc1. The summed E-state index contributed by atoms with van der Waals surface area (Å²) in [6.45, 7) is 0.762. The van der Waals surface area contributed by atoms with Crippen molar-refractivity contribution in [2.45, 2.75) is 19.2 Å². The van der Waals surface area contributed by atoms with E-state index >= 15 is 0 Å². The number of nitrogens with one attached hydrogen (secondary N) is 2. The van der Waals surface area contributed by atoms with Crippen LogP contribution in [0.4, 0.5) is 5.69 Å². The van der Waals surface area contributed by atoms with Crippen molar-refractivity contribution in [1.29, 1.82) is 5.26 Å². The molecule has 0 radical (unpaired) electrons. The van der Waals surface area contributed by atoms with Crippen LogP contribution < -0.4 is 20.1 Å². The molecule has 1 aromatic heterocycles. The van der Waals surface area contributed by atoms with Gasteiger partial charge in [0.15, 0.2) is 11.5 Å². The first-order valence-corrected chi connectivity index (χ1v) is 11.4. The minimum absolute atomic E-state index is 0.198. The molecule has 4 aromatic rings. The van der Waals surface area contributed by atoms with E-state index in [1.165, 1.54) is 0 Å². The number of hydrogen-bond donors (Lipinski definition) is 2. The van der Waals surface area contributed by atoms with Gasteiger partial charge in [-0.25, -0.2) is 0 Å². The van der Waals surface area contributed by atoms with E-state index in [4.69, 9.17) is 14.7 Å². The largest absolute Gasteiger partial charge is 0.493 e. The number of hydrogen-bond acceptors (Lipinski definition) is 6. The molecule has 0 aliphatic rings. The van der Waals surface area contributed by atoms with Gasteiger partial charge in [0.05, 0.1) is 18.7 Å². The maximum atomic E-state index is 13.3. The zero-order valence-electron chi connectivity index (χ0n) is 19.8. The molecular weight excluding hydrogens is 452 g/mol. The summed E-state index contributed by atoms with van der Waals surface area (Å²) >= 11 is 0. The second-order valence-corrected chi connectivity index (χ2v) is 8.02. The molecule has 2 N–H and O–H groups in total. The summed E-state index contributed by atoms with van der Waals surface area (Å²) < 4.78 is 11.5. The van der Waals surface area contributed by atoms with Crippen LogP contribution in [-0.2, 0) is 17.9 Å². The van der Waals surface area contributed by atoms with Gasteiger partial charge >= 0.3 is 0 Å². The van der Waals surface area contributed by atoms with E-state index in [-0.39, 0.29) is 5.91 Å². The fourth-order valence-corrected chi connectivity index (χ4v) is 3.62. The topological polar surface area (TPSA) is 96.3 Å². The summed E-state index contributed by atoms with van der Waals surface area (Å²) in [6.07, 6.45) is 3.43. The highest BCUT2D eigenvalue weighted by Crippen LogP contribution is 2.32. The monoisotopic (exact) mass is 478 g/mol. The minimum atomic E-state index is -0.704. The van der Waals surface area contributed by atoms with Gasteiger partial charge in [-0.1, -0.05) is 36.4 Å². The lowest BCUT2D eigenvalue weighted by Gasteiger charge is -2.21. The first-order valence-electron chi connectivity index (χ1n) is 11.4. The molecule has 3 aromatic carbocycles. The highest BCUT2D eigenvalue weighted by Gasteiger charge is 2.22. The Morgan fingerprint density at radius 1 is 0.944 bits per heavy atom. The Kier molecular flexibility index (Phi) is 8.13. The van der Waals surface area contributed by atoms with Gasteiger partial charge in [-0.2, -0.15) is 5.26 Å². The van der Waals surface area contributed by atoms with Crippen molar-refractivity contribution in [3.8, 4) is 17.6 Å². The van der Waals surface area contributed by atoms with Crippen molar-refractivity contribution in [3.05, 3.63) is 120 Å². The highest BCUT2D eigenvalue weighted by molar-refractivity contribution is 5.86. The molecule has 0 aliphatic heterocycles. The van der Waals surface area contributed by atoms with Gasteiger partial charge in [-0.3, -0.25) is 9.78 Å². The van der Waals surface area contributed by atoms with Crippen LogP contribution in [0.2, 0.25) is 0 Å². The molecule has 180 valence electrons. The number of rotatable bonds is 10. The van der Waals surface area contributed by atoms with Crippen molar-refractivity contribution in [1.82, 2.24) is 10.3 Å². The summed E-state index contributed by atoms with van der Waals surface area (Å²) in [6, 6.07) is 27.3. The first-order chi connectivity index (χ1) is 17.7. The third-order valence-corrected chi connectivity index (χ3v) is 5.56. The van der Waals surface area contributed by atoms with Crippen LogP contribution in [0.1, 0.15) is 28.3 Å². The smallest absolute Gasteiger partial charge is 0.247 e. The second-order valence-electron chi connectivity index (χ2n) is 8.02. The van der Waals surface area contributed by atoms with Crippen molar-refractivity contribution in [2.75, 3.05) is 12.4 Å². The Labute approximate surface area is 210 Å². The molecule has 36 heavy (non-hydrogen) atoms. The van der Waals surface area contributed by atoms with Crippen LogP contribution in [0.15, 0.2) is 97.3 Å². The number of carbonyl (C=O) groups is 1. The van der Waals surface area contributed by atoms with E-state index in [1.54, 1.807) is 55.9 Å². The van der Waals surface area contributed by atoms with E-state index in [0.29, 0.717) is 41.5 Å². The van der Waals surface area contributed by atoms with E-state index in [0.717, 1.165) is 11.1 Å². The van der Waals surface area contributed by atoms with E-state index < -0.39 is 6.04 Å². The van der Waals surface area contributed by atoms with Crippen LogP contribution >= 0.6 is 0 Å². The zero-order valence-corrected chi connectivity index (χ0v) is 19.8. The Hall–Kier alpha value is -4.83. The second kappa shape index (κ2) is 12.0. The lowest BCUT2D eigenvalue weighted by molar-refractivity contribution is -0.122. The van der Waals surface area contributed by atoms with Gasteiger partial charge in [0, 0.05) is 24.6 Å².